The van der Waals surface area contributed by atoms with Crippen LogP contribution in [0, 0.1) is 11.3 Å². The standard InChI is InChI=1S/C19H40N4O/c1-9-20-17(22-14-19(5,6)23(7)8)21-13-15-11-10-12-24-16(15)18(2,3)4/h15-16H,9-14H2,1-8H3,(H2,20,21,22). The summed E-state index contributed by atoms with van der Waals surface area (Å²) in [5.41, 5.74) is 0.222. The van der Waals surface area contributed by atoms with Gasteiger partial charge >= 0.3 is 0 Å². The second-order valence-electron chi connectivity index (χ2n) is 8.84. The van der Waals surface area contributed by atoms with Crippen LogP contribution in [0.15, 0.2) is 4.99 Å². The van der Waals surface area contributed by atoms with E-state index in [4.69, 9.17) is 9.73 Å². The molecule has 142 valence electrons. The van der Waals surface area contributed by atoms with Crippen LogP contribution >= 0.6 is 0 Å². The molecule has 2 N–H and O–H groups in total. The van der Waals surface area contributed by atoms with E-state index in [-0.39, 0.29) is 11.0 Å². The molecule has 0 bridgehead atoms. The molecule has 2 atom stereocenters. The third kappa shape index (κ3) is 6.60. The highest BCUT2D eigenvalue weighted by Gasteiger charge is 2.35. The van der Waals surface area contributed by atoms with Crippen LogP contribution in [0.25, 0.3) is 0 Å². The van der Waals surface area contributed by atoms with Crippen LogP contribution in [0.4, 0.5) is 0 Å². The molecule has 0 aliphatic carbocycles. The highest BCUT2D eigenvalue weighted by molar-refractivity contribution is 5.79. The first kappa shape index (κ1) is 21.2. The molecule has 1 heterocycles. The van der Waals surface area contributed by atoms with Crippen molar-refractivity contribution < 1.29 is 4.74 Å². The number of hydrogen-bond acceptors (Lipinski definition) is 3. The lowest BCUT2D eigenvalue weighted by molar-refractivity contribution is -0.0835. The maximum absolute atomic E-state index is 6.09. The molecule has 0 aromatic heterocycles. The van der Waals surface area contributed by atoms with Crippen molar-refractivity contribution in [3.8, 4) is 0 Å². The van der Waals surface area contributed by atoms with Crippen LogP contribution < -0.4 is 10.6 Å². The van der Waals surface area contributed by atoms with E-state index in [9.17, 15) is 0 Å². The zero-order valence-corrected chi connectivity index (χ0v) is 17.2. The number of ether oxygens (including phenoxy) is 1. The molecule has 1 aliphatic rings. The van der Waals surface area contributed by atoms with Gasteiger partial charge in [0.2, 0.25) is 0 Å². The van der Waals surface area contributed by atoms with E-state index >= 15 is 0 Å². The van der Waals surface area contributed by atoms with Crippen LogP contribution in [0.5, 0.6) is 0 Å². The van der Waals surface area contributed by atoms with E-state index in [0.29, 0.717) is 12.0 Å². The first-order chi connectivity index (χ1) is 11.1. The molecule has 1 saturated heterocycles. The molecule has 5 heteroatoms. The van der Waals surface area contributed by atoms with Crippen molar-refractivity contribution in [1.29, 1.82) is 0 Å². The van der Waals surface area contributed by atoms with E-state index in [1.807, 2.05) is 0 Å². The quantitative estimate of drug-likeness (QED) is 0.577. The van der Waals surface area contributed by atoms with Crippen LogP contribution in [-0.2, 0) is 4.74 Å². The Bertz CT molecular complexity index is 399. The maximum atomic E-state index is 6.09. The molecule has 1 aliphatic heterocycles. The number of nitrogens with zero attached hydrogens (tertiary/aromatic N) is 2. The average Bonchev–Trinajstić information content (AvgIpc) is 2.49. The number of rotatable bonds is 6. The van der Waals surface area contributed by atoms with E-state index in [2.05, 4.69) is 71.2 Å². The molecule has 0 aromatic rings. The first-order valence-corrected chi connectivity index (χ1v) is 9.39. The van der Waals surface area contributed by atoms with Crippen LogP contribution in [-0.4, -0.2) is 62.8 Å². The number of guanidine groups is 1. The summed E-state index contributed by atoms with van der Waals surface area (Å²) in [6, 6.07) is 0. The maximum Gasteiger partial charge on any atom is 0.191 e. The highest BCUT2D eigenvalue weighted by atomic mass is 16.5. The summed E-state index contributed by atoms with van der Waals surface area (Å²) in [7, 11) is 4.20. The third-order valence-corrected chi connectivity index (χ3v) is 5.01. The van der Waals surface area contributed by atoms with Gasteiger partial charge in [-0.2, -0.15) is 0 Å². The summed E-state index contributed by atoms with van der Waals surface area (Å²) >= 11 is 0. The summed E-state index contributed by atoms with van der Waals surface area (Å²) in [6.45, 7) is 16.8. The number of hydrogen-bond donors (Lipinski definition) is 2. The minimum atomic E-state index is 0.0459. The molecular weight excluding hydrogens is 300 g/mol. The lowest BCUT2D eigenvalue weighted by atomic mass is 9.78. The van der Waals surface area contributed by atoms with Gasteiger partial charge in [0.15, 0.2) is 5.96 Å². The topological polar surface area (TPSA) is 48.9 Å². The third-order valence-electron chi connectivity index (χ3n) is 5.01. The highest BCUT2D eigenvalue weighted by Crippen LogP contribution is 2.33. The lowest BCUT2D eigenvalue weighted by Gasteiger charge is -2.40. The van der Waals surface area contributed by atoms with Gasteiger partial charge in [-0.05, 0) is 53.1 Å². The van der Waals surface area contributed by atoms with Gasteiger partial charge in [-0.15, -0.1) is 0 Å². The fourth-order valence-corrected chi connectivity index (χ4v) is 2.99. The molecule has 0 amide bonds. The Labute approximate surface area is 149 Å². The Balaban J connectivity index is 2.68. The Morgan fingerprint density at radius 2 is 1.83 bits per heavy atom. The second-order valence-corrected chi connectivity index (χ2v) is 8.84. The zero-order valence-electron chi connectivity index (χ0n) is 17.2. The summed E-state index contributed by atoms with van der Waals surface area (Å²) in [5, 5.41) is 6.91. The molecule has 24 heavy (non-hydrogen) atoms. The summed E-state index contributed by atoms with van der Waals surface area (Å²) in [4.78, 5) is 7.00. The largest absolute Gasteiger partial charge is 0.377 e. The lowest BCUT2D eigenvalue weighted by Crippen LogP contribution is -2.48. The predicted octanol–water partition coefficient (Wildman–Crippen LogP) is 2.72. The Morgan fingerprint density at radius 1 is 1.17 bits per heavy atom. The molecule has 1 rings (SSSR count). The van der Waals surface area contributed by atoms with Crippen molar-refractivity contribution >= 4 is 5.96 Å². The minimum absolute atomic E-state index is 0.0459. The van der Waals surface area contributed by atoms with Gasteiger partial charge in [-0.25, -0.2) is 0 Å². The van der Waals surface area contributed by atoms with Gasteiger partial charge in [0.25, 0.3) is 0 Å². The van der Waals surface area contributed by atoms with Gasteiger partial charge in [0.1, 0.15) is 0 Å². The number of likely N-dealkylation sites (N-methyl/N-ethyl adjacent to an activating group) is 1. The van der Waals surface area contributed by atoms with E-state index in [0.717, 1.165) is 38.6 Å². The summed E-state index contributed by atoms with van der Waals surface area (Å²) in [6.07, 6.45) is 2.68. The monoisotopic (exact) mass is 340 g/mol. The van der Waals surface area contributed by atoms with E-state index in [1.54, 1.807) is 0 Å². The van der Waals surface area contributed by atoms with Crippen molar-refractivity contribution in [3.63, 3.8) is 0 Å². The fourth-order valence-electron chi connectivity index (χ4n) is 2.99. The van der Waals surface area contributed by atoms with Crippen LogP contribution in [0.1, 0.15) is 54.4 Å². The molecule has 0 aromatic carbocycles. The second kappa shape index (κ2) is 9.04. The van der Waals surface area contributed by atoms with Gasteiger partial charge in [0, 0.05) is 31.2 Å². The minimum Gasteiger partial charge on any atom is -0.377 e. The van der Waals surface area contributed by atoms with Gasteiger partial charge in [-0.1, -0.05) is 20.8 Å². The molecular formula is C19H40N4O. The molecule has 5 nitrogen and oxygen atoms in total. The van der Waals surface area contributed by atoms with Gasteiger partial charge in [-0.3, -0.25) is 4.99 Å². The Kier molecular flexibility index (Phi) is 8.00. The molecule has 0 spiro atoms. The first-order valence-electron chi connectivity index (χ1n) is 9.39. The summed E-state index contributed by atoms with van der Waals surface area (Å²) in [5.74, 6) is 1.44. The normalized spacial score (nSPS) is 23.5. The van der Waals surface area contributed by atoms with Crippen LogP contribution in [0.3, 0.4) is 0 Å². The molecule has 2 unspecified atom stereocenters. The number of nitrogens with one attached hydrogen (secondary N) is 2. The summed E-state index contributed by atoms with van der Waals surface area (Å²) < 4.78 is 6.09. The van der Waals surface area contributed by atoms with Crippen molar-refractivity contribution in [2.45, 2.75) is 66.0 Å². The van der Waals surface area contributed by atoms with Crippen molar-refractivity contribution in [2.75, 3.05) is 40.3 Å². The van der Waals surface area contributed by atoms with Crippen molar-refractivity contribution in [1.82, 2.24) is 15.5 Å². The molecule has 1 fully saturated rings. The van der Waals surface area contributed by atoms with Crippen molar-refractivity contribution in [2.24, 2.45) is 16.3 Å². The van der Waals surface area contributed by atoms with Gasteiger partial charge in [0.05, 0.1) is 12.6 Å². The van der Waals surface area contributed by atoms with Crippen molar-refractivity contribution in [3.05, 3.63) is 0 Å². The fraction of sp³-hybridized carbons (Fsp3) is 0.947. The predicted molar refractivity (Wildman–Crippen MR) is 104 cm³/mol. The van der Waals surface area contributed by atoms with E-state index < -0.39 is 0 Å². The van der Waals surface area contributed by atoms with Crippen LogP contribution in [0.2, 0.25) is 0 Å². The smallest absolute Gasteiger partial charge is 0.191 e. The van der Waals surface area contributed by atoms with Gasteiger partial charge < -0.3 is 20.3 Å². The Morgan fingerprint density at radius 3 is 2.38 bits per heavy atom. The zero-order chi connectivity index (χ0) is 18.4. The molecule has 0 saturated carbocycles. The average molecular weight is 341 g/mol. The molecule has 0 radical (unpaired) electrons. The number of aliphatic imine (C=N–C) groups is 1. The Hall–Kier alpha value is -0.810. The van der Waals surface area contributed by atoms with E-state index in [1.165, 1.54) is 6.42 Å². The SMILES string of the molecule is CCNC(=NCC(C)(C)N(C)C)NCC1CCCOC1C(C)(C)C.